The first-order valence-electron chi connectivity index (χ1n) is 6.32. The van der Waals surface area contributed by atoms with Crippen LogP contribution in [0.3, 0.4) is 0 Å². The van der Waals surface area contributed by atoms with Gasteiger partial charge >= 0.3 is 5.97 Å². The van der Waals surface area contributed by atoms with Gasteiger partial charge in [0.1, 0.15) is 5.76 Å². The Morgan fingerprint density at radius 1 is 1.19 bits per heavy atom. The molecule has 0 aliphatic carbocycles. The van der Waals surface area contributed by atoms with Crippen LogP contribution in [0, 0.1) is 0 Å². The van der Waals surface area contributed by atoms with Gasteiger partial charge in [-0.05, 0) is 24.3 Å². The molecule has 21 heavy (non-hydrogen) atoms. The molecule has 5 nitrogen and oxygen atoms in total. The fraction of sp³-hybridized carbons (Fsp3) is 0.200. The average Bonchev–Trinajstić information content (AvgIpc) is 3.00. The largest absolute Gasteiger partial charge is 0.479 e. The highest BCUT2D eigenvalue weighted by Gasteiger charge is 2.29. The Kier molecular flexibility index (Phi) is 4.71. The average molecular weight is 291 g/mol. The minimum atomic E-state index is -2.53. The van der Waals surface area contributed by atoms with Crippen molar-refractivity contribution >= 4 is 17.4 Å². The number of para-hydroxylation sites is 1. The van der Waals surface area contributed by atoms with Crippen molar-refractivity contribution in [1.29, 1.82) is 0 Å². The molecule has 6 heteroatoms. The van der Waals surface area contributed by atoms with Crippen LogP contribution in [0.25, 0.3) is 0 Å². The van der Waals surface area contributed by atoms with E-state index >= 15 is 0 Å². The Bertz CT molecular complexity index is 597. The standard InChI is InChI=1S/C15H14FNO4/c16-14(15(19)20)12(18)9-11(13-7-4-8-21-13)17-10-5-2-1-3-6-10/h1-8,11,14,17H,9H2,(H,19,20). The molecule has 2 rings (SSSR count). The number of halogens is 1. The monoisotopic (exact) mass is 291 g/mol. The zero-order chi connectivity index (χ0) is 15.2. The molecular formula is C15H14FNO4. The Hall–Kier alpha value is -2.63. The van der Waals surface area contributed by atoms with Crippen molar-refractivity contribution in [3.8, 4) is 0 Å². The number of carboxylic acid groups (broad SMARTS) is 1. The maximum absolute atomic E-state index is 13.3. The van der Waals surface area contributed by atoms with Crippen LogP contribution < -0.4 is 5.32 Å². The molecule has 0 fully saturated rings. The molecule has 0 aliphatic heterocycles. The van der Waals surface area contributed by atoms with Gasteiger partial charge in [-0.15, -0.1) is 0 Å². The number of hydrogen-bond donors (Lipinski definition) is 2. The summed E-state index contributed by atoms with van der Waals surface area (Å²) in [7, 11) is 0. The van der Waals surface area contributed by atoms with Crippen LogP contribution in [0.2, 0.25) is 0 Å². The molecule has 0 spiro atoms. The summed E-state index contributed by atoms with van der Waals surface area (Å²) >= 11 is 0. The molecule has 2 N–H and O–H groups in total. The first kappa shape index (κ1) is 14.8. The molecule has 2 unspecified atom stereocenters. The van der Waals surface area contributed by atoms with Crippen molar-refractivity contribution in [3.05, 3.63) is 54.5 Å². The van der Waals surface area contributed by atoms with Gasteiger partial charge in [-0.25, -0.2) is 9.18 Å². The quantitative estimate of drug-likeness (QED) is 0.767. The second-order valence-electron chi connectivity index (χ2n) is 4.45. The number of furan rings is 1. The van der Waals surface area contributed by atoms with Crippen LogP contribution in [-0.4, -0.2) is 23.0 Å². The predicted octanol–water partition coefficient (Wildman–Crippen LogP) is 2.81. The van der Waals surface area contributed by atoms with E-state index in [1.165, 1.54) is 6.26 Å². The highest BCUT2D eigenvalue weighted by atomic mass is 19.1. The Balaban J connectivity index is 2.14. The predicted molar refractivity (Wildman–Crippen MR) is 73.7 cm³/mol. The Morgan fingerprint density at radius 2 is 1.90 bits per heavy atom. The summed E-state index contributed by atoms with van der Waals surface area (Å²) in [5, 5.41) is 11.6. The molecule has 110 valence electrons. The zero-order valence-corrected chi connectivity index (χ0v) is 11.0. The van der Waals surface area contributed by atoms with E-state index in [1.807, 2.05) is 6.07 Å². The number of anilines is 1. The number of carbonyl (C=O) groups is 2. The highest BCUT2D eigenvalue weighted by molar-refractivity contribution is 6.01. The number of carboxylic acids is 1. The zero-order valence-electron chi connectivity index (χ0n) is 11.0. The molecule has 0 saturated heterocycles. The van der Waals surface area contributed by atoms with Gasteiger partial charge in [-0.1, -0.05) is 18.2 Å². The molecule has 2 atom stereocenters. The summed E-state index contributed by atoms with van der Waals surface area (Å²) < 4.78 is 18.5. The topological polar surface area (TPSA) is 79.5 Å². The smallest absolute Gasteiger partial charge is 0.346 e. The van der Waals surface area contributed by atoms with Gasteiger partial charge in [0.2, 0.25) is 0 Å². The van der Waals surface area contributed by atoms with Crippen LogP contribution in [0.15, 0.2) is 53.1 Å². The van der Waals surface area contributed by atoms with Crippen LogP contribution in [0.4, 0.5) is 10.1 Å². The second kappa shape index (κ2) is 6.69. The summed E-state index contributed by atoms with van der Waals surface area (Å²) in [6, 6.07) is 11.7. The normalized spacial score (nSPS) is 13.4. The molecule has 0 aliphatic rings. The highest BCUT2D eigenvalue weighted by Crippen LogP contribution is 2.24. The lowest BCUT2D eigenvalue weighted by Crippen LogP contribution is -2.28. The molecule has 0 radical (unpaired) electrons. The number of rotatable bonds is 7. The van der Waals surface area contributed by atoms with E-state index in [0.29, 0.717) is 5.76 Å². The van der Waals surface area contributed by atoms with Gasteiger partial charge in [0, 0.05) is 12.1 Å². The second-order valence-corrected chi connectivity index (χ2v) is 4.45. The lowest BCUT2D eigenvalue weighted by molar-refractivity contribution is -0.147. The van der Waals surface area contributed by atoms with E-state index in [4.69, 9.17) is 9.52 Å². The van der Waals surface area contributed by atoms with Crippen molar-refractivity contribution in [2.75, 3.05) is 5.32 Å². The molecule has 0 amide bonds. The third-order valence-corrected chi connectivity index (χ3v) is 2.91. The fourth-order valence-electron chi connectivity index (χ4n) is 1.89. The molecule has 1 aromatic carbocycles. The van der Waals surface area contributed by atoms with Crippen molar-refractivity contribution in [2.24, 2.45) is 0 Å². The Morgan fingerprint density at radius 3 is 2.48 bits per heavy atom. The minimum Gasteiger partial charge on any atom is -0.479 e. The van der Waals surface area contributed by atoms with E-state index < -0.39 is 24.0 Å². The van der Waals surface area contributed by atoms with E-state index in [-0.39, 0.29) is 6.42 Å². The lowest BCUT2D eigenvalue weighted by Gasteiger charge is -2.17. The number of carbonyl (C=O) groups excluding carboxylic acids is 1. The van der Waals surface area contributed by atoms with Gasteiger partial charge in [-0.3, -0.25) is 4.79 Å². The van der Waals surface area contributed by atoms with Gasteiger partial charge < -0.3 is 14.8 Å². The number of ketones is 1. The molecular weight excluding hydrogens is 277 g/mol. The first-order valence-corrected chi connectivity index (χ1v) is 6.32. The van der Waals surface area contributed by atoms with Crippen molar-refractivity contribution in [3.63, 3.8) is 0 Å². The molecule has 1 heterocycles. The number of benzene rings is 1. The summed E-state index contributed by atoms with van der Waals surface area (Å²) in [5.74, 6) is -2.35. The maximum Gasteiger partial charge on any atom is 0.346 e. The summed E-state index contributed by atoms with van der Waals surface area (Å²) in [5.41, 5.74) is 0.720. The number of Topliss-reactive ketones (excluding diaryl/α,β-unsaturated/α-hetero) is 1. The molecule has 2 aromatic rings. The van der Waals surface area contributed by atoms with Crippen molar-refractivity contribution in [1.82, 2.24) is 0 Å². The molecule has 0 bridgehead atoms. The van der Waals surface area contributed by atoms with Gasteiger partial charge in [0.25, 0.3) is 6.17 Å². The number of alkyl halides is 1. The first-order chi connectivity index (χ1) is 10.1. The van der Waals surface area contributed by atoms with Crippen LogP contribution in [0.1, 0.15) is 18.2 Å². The van der Waals surface area contributed by atoms with Crippen molar-refractivity contribution in [2.45, 2.75) is 18.6 Å². The van der Waals surface area contributed by atoms with E-state index in [9.17, 15) is 14.0 Å². The van der Waals surface area contributed by atoms with E-state index in [2.05, 4.69) is 5.32 Å². The van der Waals surface area contributed by atoms with E-state index in [1.54, 1.807) is 36.4 Å². The fourth-order valence-corrected chi connectivity index (χ4v) is 1.89. The van der Waals surface area contributed by atoms with Crippen LogP contribution >= 0.6 is 0 Å². The number of aliphatic carboxylic acids is 1. The number of hydrogen-bond acceptors (Lipinski definition) is 4. The lowest BCUT2D eigenvalue weighted by atomic mass is 10.0. The minimum absolute atomic E-state index is 0.324. The number of nitrogens with one attached hydrogen (secondary N) is 1. The summed E-state index contributed by atoms with van der Waals surface area (Å²) in [6.07, 6.45) is -1.42. The van der Waals surface area contributed by atoms with Gasteiger partial charge in [0.15, 0.2) is 5.78 Å². The third kappa shape index (κ3) is 3.92. The van der Waals surface area contributed by atoms with Crippen LogP contribution in [-0.2, 0) is 9.59 Å². The Labute approximate surface area is 120 Å². The molecule has 0 saturated carbocycles. The van der Waals surface area contributed by atoms with Gasteiger partial charge in [-0.2, -0.15) is 0 Å². The van der Waals surface area contributed by atoms with Crippen molar-refractivity contribution < 1.29 is 23.5 Å². The maximum atomic E-state index is 13.3. The summed E-state index contributed by atoms with van der Waals surface area (Å²) in [6.45, 7) is 0. The SMILES string of the molecule is O=C(O)C(F)C(=O)CC(Nc1ccccc1)c1ccco1. The molecule has 1 aromatic heterocycles. The van der Waals surface area contributed by atoms with Crippen LogP contribution in [0.5, 0.6) is 0 Å². The third-order valence-electron chi connectivity index (χ3n) is 2.91. The van der Waals surface area contributed by atoms with E-state index in [0.717, 1.165) is 5.69 Å². The van der Waals surface area contributed by atoms with Gasteiger partial charge in [0.05, 0.1) is 12.3 Å². The summed E-state index contributed by atoms with van der Waals surface area (Å²) in [4.78, 5) is 22.2.